The largest absolute Gasteiger partial charge is 0.441 e. The summed E-state index contributed by atoms with van der Waals surface area (Å²) in [5.74, 6) is -8.13. The van der Waals surface area contributed by atoms with Gasteiger partial charge in [0.05, 0.1) is 72.7 Å². The number of anilines is 1. The number of H-pyrrole nitrogens is 1. The number of nitrogens with two attached hydrogens (primary N) is 9. The van der Waals surface area contributed by atoms with Crippen molar-refractivity contribution >= 4 is 93.8 Å². The number of hydrogen-bond donors (Lipinski definition) is 26. The molecule has 2 fully saturated rings. The number of hydrogen-bond acceptors (Lipinski definition) is 34. The number of nitrogens with zero attached hydrogens (tertiary/aromatic N) is 8. The summed E-state index contributed by atoms with van der Waals surface area (Å²) in [6.07, 6.45) is -20.8. The maximum atomic E-state index is 15.3. The molecule has 4 aromatic heterocycles. The van der Waals surface area contributed by atoms with Gasteiger partial charge in [0.15, 0.2) is 36.6 Å². The minimum Gasteiger partial charge on any atom is -0.441 e. The molecule has 6 rings (SSSR count). The third-order valence-electron chi connectivity index (χ3n) is 17.8. The van der Waals surface area contributed by atoms with Crippen molar-refractivity contribution in [1.82, 2.24) is 72.4 Å². The van der Waals surface area contributed by atoms with Gasteiger partial charge in [-0.25, -0.2) is 29.7 Å². The Labute approximate surface area is 661 Å². The molecule has 114 heavy (non-hydrogen) atoms. The third-order valence-corrected chi connectivity index (χ3v) is 19.6. The first kappa shape index (κ1) is 93.0. The number of ether oxygens (including phenoxy) is 5. The van der Waals surface area contributed by atoms with Crippen molar-refractivity contribution in [2.24, 2.45) is 66.8 Å². The summed E-state index contributed by atoms with van der Waals surface area (Å²) in [6.45, 7) is 5.74. The fourth-order valence-electron chi connectivity index (χ4n) is 11.3. The lowest BCUT2D eigenvalue weighted by Gasteiger charge is -2.47. The van der Waals surface area contributed by atoms with E-state index in [1.807, 2.05) is 0 Å². The fourth-order valence-corrected chi connectivity index (χ4v) is 12.9. The van der Waals surface area contributed by atoms with Crippen LogP contribution in [0.25, 0.3) is 10.7 Å². The van der Waals surface area contributed by atoms with E-state index in [2.05, 4.69) is 87.4 Å². The van der Waals surface area contributed by atoms with Gasteiger partial charge in [0.2, 0.25) is 29.5 Å². The number of guanidine groups is 3. The average Bonchev–Trinajstić information content (AvgIpc) is 0.856. The second-order valence-electron chi connectivity index (χ2n) is 26.6. The summed E-state index contributed by atoms with van der Waals surface area (Å²) in [6, 6.07) is -7.93. The predicted octanol–water partition coefficient (Wildman–Crippen LogP) is -9.55. The number of rotatable bonds is 46. The minimum absolute atomic E-state index is 0.0374. The van der Waals surface area contributed by atoms with E-state index in [0.717, 1.165) is 38.2 Å². The number of carbonyl (C=O) groups excluding carboxylic acids is 8. The Morgan fingerprint density at radius 1 is 0.667 bits per heavy atom. The molecule has 6 heterocycles. The van der Waals surface area contributed by atoms with Crippen LogP contribution in [0.5, 0.6) is 0 Å². The van der Waals surface area contributed by atoms with Gasteiger partial charge in [-0.15, -0.1) is 22.7 Å². The summed E-state index contributed by atoms with van der Waals surface area (Å²) in [5.41, 5.74) is 50.6. The van der Waals surface area contributed by atoms with E-state index >= 15 is 4.79 Å². The number of primary amides is 3. The van der Waals surface area contributed by atoms with Crippen LogP contribution in [0.4, 0.5) is 10.6 Å². The maximum absolute atomic E-state index is 15.3. The summed E-state index contributed by atoms with van der Waals surface area (Å²) in [5, 5.41) is 115. The number of aromatic nitrogens is 6. The zero-order valence-corrected chi connectivity index (χ0v) is 64.6. The normalized spacial score (nSPS) is 22.2. The second kappa shape index (κ2) is 45.9. The lowest BCUT2D eigenvalue weighted by Crippen LogP contribution is -2.65. The van der Waals surface area contributed by atoms with Crippen molar-refractivity contribution in [2.45, 2.75) is 189 Å². The van der Waals surface area contributed by atoms with Crippen LogP contribution in [0, 0.1) is 12.8 Å². The molecule has 0 spiro atoms. The molecular formula is C65H106N26O21S2. The number of aliphatic hydroxyl groups is 8. The van der Waals surface area contributed by atoms with Crippen LogP contribution in [0.2, 0.25) is 0 Å². The number of imidazole rings is 1. The smallest absolute Gasteiger partial charge is 0.404 e. The quantitative estimate of drug-likeness (QED) is 0.0111. The molecular weight excluding hydrogens is 1550 g/mol. The number of thiazole rings is 2. The Kier molecular flexibility index (Phi) is 37.5. The Morgan fingerprint density at radius 2 is 1.29 bits per heavy atom. The number of nitrogens with one attached hydrogen (secondary N) is 9. The molecule has 2 aliphatic heterocycles. The second-order valence-corrected chi connectivity index (χ2v) is 28.4. The molecule has 0 bridgehead atoms. The SMILES string of the molecule is Cc1c(N)nc([C@H](CC(N)=O)NC[C@H](N)C(N)=O)nc1C(=O)N[C@H](C(=O)N[C@H](C)[C@@H](O)[C@H](C)C(=O)N[C@H](C(=O)NCCc1nc(-c2nc(C(=O)NCCCCNC(N)=NCCCCNC(N)=NCCCCN=C(N)N)cs2)cs1)[C@@H](C)O)[C@@H](O[C@@H]1O[C@@H](CO)[C@@H](O)[C@H](O)[C@@H]1O[C@H]1O[C@H](CO)[C@@H](O)[C@H](OC(N)=O)[C@@H]1O)c1cnc[nH]1. The standard InChI is InChI=1S/C65H106N26O21S2/c1-27-40(88-53(91-51(27)68)32(19-38(67)95)83-20-31(66)52(69)101)57(105)90-42(48(33-21-75-26-84-33)110-61-50(46(99)44(97)36(22-92)109-61)111-60-47(100)49(112-65(74)107)45(98)37(23-93)108-60)58(106)85-29(3)43(96)28(2)54(102)89-41(30(4)94)56(104)77-18-11-39-86-35(25-113-39)59-87-34(24-114-59)55(103)76-12-5-7-14-79-63(72)81-16-9-10-17-82-64(73)80-15-8-6-13-78-62(70)71/h21,24-26,28-32,36-37,41-50,60-61,83,92-94,96-100H,5-20,22-23,66H2,1-4H3,(H2,67,95)(H2,69,101)(H2,74,107)(H,75,84)(H,76,103)(H,77,104)(H,85,106)(H,89,102)(H,90,105)(H2,68,88,91)(H4,70,71,78)(H3,72,79,81)(H3,73,80,82)/t28-,29+,30+,31-,32-,36-,37+,41-,42-,43-,44+,45+,46-,47-,48-,49-,50-,60+,61-/m0/s1. The van der Waals surface area contributed by atoms with Gasteiger partial charge >= 0.3 is 6.09 Å². The molecule has 0 radical (unpaired) electrons. The molecule has 4 aromatic rings. The number of nitrogen functional groups attached to an aromatic ring is 1. The number of aromatic amines is 1. The molecule has 2 saturated heterocycles. The highest BCUT2D eigenvalue weighted by molar-refractivity contribution is 7.14. The molecule has 0 aromatic carbocycles. The van der Waals surface area contributed by atoms with Gasteiger partial charge in [0.1, 0.15) is 94.6 Å². The fraction of sp³-hybridized carbons (Fsp3) is 0.631. The summed E-state index contributed by atoms with van der Waals surface area (Å²) >= 11 is 2.46. The molecule has 0 unspecified atom stereocenters. The van der Waals surface area contributed by atoms with Crippen LogP contribution in [0.3, 0.4) is 0 Å². The number of carbonyl (C=O) groups is 8. The lowest BCUT2D eigenvalue weighted by molar-refractivity contribution is -0.372. The van der Waals surface area contributed by atoms with Crippen molar-refractivity contribution in [3.05, 3.63) is 56.8 Å². The van der Waals surface area contributed by atoms with Crippen molar-refractivity contribution in [1.29, 1.82) is 0 Å². The van der Waals surface area contributed by atoms with Gasteiger partial charge in [0.25, 0.3) is 11.8 Å². The van der Waals surface area contributed by atoms with Gasteiger partial charge < -0.3 is 164 Å². The highest BCUT2D eigenvalue weighted by Gasteiger charge is 2.54. The molecule has 47 nitrogen and oxygen atoms in total. The van der Waals surface area contributed by atoms with Crippen molar-refractivity contribution in [3.63, 3.8) is 0 Å². The maximum Gasteiger partial charge on any atom is 0.404 e. The summed E-state index contributed by atoms with van der Waals surface area (Å²) < 4.78 is 28.8. The molecule has 2 aliphatic rings. The van der Waals surface area contributed by atoms with Gasteiger partial charge in [-0.3, -0.25) is 48.5 Å². The van der Waals surface area contributed by atoms with Crippen LogP contribution in [0.1, 0.15) is 121 Å². The van der Waals surface area contributed by atoms with E-state index in [1.165, 1.54) is 50.4 Å². The van der Waals surface area contributed by atoms with E-state index in [4.69, 9.17) is 75.3 Å². The van der Waals surface area contributed by atoms with Crippen LogP contribution in [-0.4, -0.2) is 299 Å². The van der Waals surface area contributed by atoms with Crippen LogP contribution in [-0.2, 0) is 54.1 Å². The first-order valence-electron chi connectivity index (χ1n) is 36.2. The van der Waals surface area contributed by atoms with Crippen LogP contribution >= 0.6 is 22.7 Å². The van der Waals surface area contributed by atoms with Crippen molar-refractivity contribution < 1.29 is 103 Å². The predicted molar refractivity (Wildman–Crippen MR) is 407 cm³/mol. The van der Waals surface area contributed by atoms with Gasteiger partial charge in [-0.2, -0.15) is 0 Å². The lowest BCUT2D eigenvalue weighted by atomic mass is 9.96. The van der Waals surface area contributed by atoms with Crippen molar-refractivity contribution in [3.8, 4) is 10.7 Å². The molecule has 634 valence electrons. The highest BCUT2D eigenvalue weighted by atomic mass is 32.1. The van der Waals surface area contributed by atoms with Crippen LogP contribution < -0.4 is 94.1 Å². The van der Waals surface area contributed by atoms with Gasteiger partial charge in [0, 0.05) is 81.5 Å². The molecule has 0 aliphatic carbocycles. The van der Waals surface area contributed by atoms with Crippen molar-refractivity contribution in [2.75, 3.05) is 71.3 Å². The Balaban J connectivity index is 1.10. The Hall–Kier alpha value is -9.84. The monoisotopic (exact) mass is 1650 g/mol. The molecule has 8 amide bonds. The molecule has 49 heteroatoms. The third kappa shape index (κ3) is 28.0. The molecule has 19 atom stereocenters. The summed E-state index contributed by atoms with van der Waals surface area (Å²) in [7, 11) is 0. The number of amides is 8. The van der Waals surface area contributed by atoms with E-state index < -0.39 is 183 Å². The van der Waals surface area contributed by atoms with Gasteiger partial charge in [-0.05, 0) is 59.3 Å². The number of aliphatic hydroxyl groups excluding tert-OH is 8. The topological polar surface area (TPSA) is 792 Å². The first-order valence-corrected chi connectivity index (χ1v) is 38.0. The number of aliphatic imine (C=N–C) groups is 3. The van der Waals surface area contributed by atoms with Gasteiger partial charge in [-0.1, -0.05) is 6.92 Å². The van der Waals surface area contributed by atoms with E-state index in [-0.39, 0.29) is 60.0 Å². The molecule has 0 saturated carbocycles. The minimum atomic E-state index is -2.21. The Morgan fingerprint density at radius 3 is 1.89 bits per heavy atom. The summed E-state index contributed by atoms with van der Waals surface area (Å²) in [4.78, 5) is 144. The van der Waals surface area contributed by atoms with E-state index in [1.54, 1.807) is 10.8 Å². The molecule has 35 N–H and O–H groups in total. The number of unbranched alkanes of at least 4 members (excludes halogenated alkanes) is 3. The zero-order valence-electron chi connectivity index (χ0n) is 63.0. The Bertz CT molecular complexity index is 3880. The highest BCUT2D eigenvalue weighted by Crippen LogP contribution is 2.35. The average molecular weight is 1650 g/mol. The zero-order chi connectivity index (χ0) is 84.0. The first-order chi connectivity index (χ1) is 54.1. The van der Waals surface area contributed by atoms with E-state index in [0.29, 0.717) is 79.7 Å². The van der Waals surface area contributed by atoms with Crippen LogP contribution in [0.15, 0.2) is 38.3 Å². The van der Waals surface area contributed by atoms with E-state index in [9.17, 15) is 74.4 Å².